The highest BCUT2D eigenvalue weighted by Crippen LogP contribution is 2.62. The van der Waals surface area contributed by atoms with Gasteiger partial charge in [-0.1, -0.05) is 86.2 Å². The highest BCUT2D eigenvalue weighted by molar-refractivity contribution is 6.03. The second-order valence-corrected chi connectivity index (χ2v) is 19.2. The molecule has 4 aromatic carbocycles. The molecule has 0 saturated heterocycles. The summed E-state index contributed by atoms with van der Waals surface area (Å²) in [7, 11) is 0. The van der Waals surface area contributed by atoms with Crippen molar-refractivity contribution in [3.8, 4) is 17.2 Å². The maximum atomic E-state index is 15.1. The first-order valence-electron chi connectivity index (χ1n) is 25.3. The van der Waals surface area contributed by atoms with E-state index < -0.39 is 22.7 Å². The highest BCUT2D eigenvalue weighted by Gasteiger charge is 2.65. The lowest BCUT2D eigenvalue weighted by molar-refractivity contribution is -0.384. The number of nitrogens with zero attached hydrogens (tertiary/aromatic N) is 3. The molecule has 6 unspecified atom stereocenters. The lowest BCUT2D eigenvalue weighted by Crippen LogP contribution is -2.70. The third-order valence-electron chi connectivity index (χ3n) is 14.8. The molecule has 4 aromatic rings. The van der Waals surface area contributed by atoms with E-state index in [9.17, 15) is 25.4 Å². The fraction of sp³-hybridized carbons (Fsp3) is 0.500. The van der Waals surface area contributed by atoms with E-state index in [1.807, 2.05) is 47.4 Å². The zero-order valence-corrected chi connectivity index (χ0v) is 40.2. The van der Waals surface area contributed by atoms with Crippen LogP contribution >= 0.6 is 0 Å². The van der Waals surface area contributed by atoms with Crippen LogP contribution in [0.25, 0.3) is 10.8 Å². The minimum atomic E-state index is -1.46. The number of rotatable bonds is 26. The number of allylic oxidation sites excluding steroid dienone is 1. The van der Waals surface area contributed by atoms with E-state index in [4.69, 9.17) is 28.9 Å². The molecule has 1 aliphatic heterocycles. The topological polar surface area (TPSA) is 183 Å². The number of oxime groups is 1. The second-order valence-electron chi connectivity index (χ2n) is 19.2. The Kier molecular flexibility index (Phi) is 17.7. The summed E-state index contributed by atoms with van der Waals surface area (Å²) in [6.45, 7) is 4.72. The number of nitro groups is 1. The first-order chi connectivity index (χ1) is 34.3. The number of carbonyl (C=O) groups excluding carboxylic acids is 1. The molecule has 0 bridgehead atoms. The molecule has 14 nitrogen and oxygen atoms in total. The van der Waals surface area contributed by atoms with Crippen LogP contribution < -0.4 is 9.47 Å². The van der Waals surface area contributed by atoms with Crippen LogP contribution in [0.5, 0.6) is 17.2 Å². The highest BCUT2D eigenvalue weighted by atomic mass is 16.7. The molecule has 6 atom stereocenters. The van der Waals surface area contributed by atoms with Crippen molar-refractivity contribution in [1.29, 1.82) is 0 Å². The molecule has 0 spiro atoms. The zero-order chi connectivity index (χ0) is 48.9. The Labute approximate surface area is 411 Å². The van der Waals surface area contributed by atoms with Gasteiger partial charge in [0.1, 0.15) is 29.9 Å². The third kappa shape index (κ3) is 11.7. The molecule has 1 amide bonds. The summed E-state index contributed by atoms with van der Waals surface area (Å²) in [5, 5.41) is 48.4. The fourth-order valence-corrected chi connectivity index (χ4v) is 11.5. The van der Waals surface area contributed by atoms with Crippen molar-refractivity contribution in [2.75, 3.05) is 46.2 Å². The van der Waals surface area contributed by atoms with Crippen LogP contribution in [0.2, 0.25) is 0 Å². The number of ether oxygens (including phenoxy) is 4. The average molecular weight is 960 g/mol. The molecule has 374 valence electrons. The molecule has 14 heteroatoms. The molecule has 0 aromatic heterocycles. The van der Waals surface area contributed by atoms with E-state index in [1.165, 1.54) is 25.0 Å². The largest absolute Gasteiger partial charge is 0.459 e. The Morgan fingerprint density at radius 2 is 1.63 bits per heavy atom. The van der Waals surface area contributed by atoms with Gasteiger partial charge in [0.25, 0.3) is 5.69 Å². The lowest BCUT2D eigenvalue weighted by atomic mass is 9.55. The summed E-state index contributed by atoms with van der Waals surface area (Å²) in [5.41, 5.74) is 3.14. The molecule has 3 N–H and O–H groups in total. The van der Waals surface area contributed by atoms with E-state index in [0.29, 0.717) is 53.7 Å². The second kappa shape index (κ2) is 24.5. The molecular formula is C56H69N3O11. The number of aliphatic hydroxyl groups excluding tert-OH is 3. The lowest BCUT2D eigenvalue weighted by Gasteiger charge is -2.60. The van der Waals surface area contributed by atoms with Crippen LogP contribution in [-0.4, -0.2) is 94.8 Å². The predicted octanol–water partition coefficient (Wildman–Crippen LogP) is 10.2. The molecule has 1 heterocycles. The van der Waals surface area contributed by atoms with Crippen LogP contribution in [0.1, 0.15) is 101 Å². The fourth-order valence-electron chi connectivity index (χ4n) is 11.5. The van der Waals surface area contributed by atoms with Gasteiger partial charge in [0, 0.05) is 56.2 Å². The van der Waals surface area contributed by atoms with E-state index in [0.717, 1.165) is 66.9 Å². The van der Waals surface area contributed by atoms with Gasteiger partial charge in [-0.15, -0.1) is 6.58 Å². The van der Waals surface area contributed by atoms with E-state index in [1.54, 1.807) is 18.2 Å². The van der Waals surface area contributed by atoms with Crippen molar-refractivity contribution in [3.05, 3.63) is 130 Å². The standard InChI is InChI=1S/C56H69N3O11/c1-2-31-67-56-52(58(27-32-66-33-30-62)53(63)26-19-39-11-3-4-12-39)37-50(57-68-38-40-17-21-44(22-18-40)59(64)65)48-35-43(15-7-9-28-60)47(16-8-10-29-61)54(55(48)56)49-36-46(24-25-51(49)70-56)69-45-23-20-41-13-5-6-14-42(41)34-45/h2,5-6,13-14,17-18,20-25,34-36,39,43,47,52,54-55,60-62H,1,3-4,7-12,15-16,19,26-33,37-38H2. The van der Waals surface area contributed by atoms with Crippen LogP contribution in [0.3, 0.4) is 0 Å². The smallest absolute Gasteiger partial charge is 0.269 e. The molecule has 3 aliphatic carbocycles. The Hall–Kier alpha value is -5.64. The van der Waals surface area contributed by atoms with Gasteiger partial charge in [-0.2, -0.15) is 0 Å². The number of aliphatic hydroxyl groups is 3. The van der Waals surface area contributed by atoms with Crippen molar-refractivity contribution in [1.82, 2.24) is 4.90 Å². The van der Waals surface area contributed by atoms with Crippen LogP contribution in [0.4, 0.5) is 5.69 Å². The van der Waals surface area contributed by atoms with Crippen LogP contribution in [-0.2, 0) is 25.7 Å². The van der Waals surface area contributed by atoms with Gasteiger partial charge in [-0.3, -0.25) is 14.9 Å². The van der Waals surface area contributed by atoms with Crippen molar-refractivity contribution >= 4 is 28.1 Å². The molecular weight excluding hydrogens is 891 g/mol. The van der Waals surface area contributed by atoms with Crippen molar-refractivity contribution in [2.45, 2.75) is 108 Å². The zero-order valence-electron chi connectivity index (χ0n) is 40.2. The molecule has 2 saturated carbocycles. The van der Waals surface area contributed by atoms with Gasteiger partial charge in [-0.05, 0) is 114 Å². The monoisotopic (exact) mass is 959 g/mol. The number of hydrogen-bond acceptors (Lipinski definition) is 12. The minimum absolute atomic E-state index is 0.00435. The SMILES string of the molecule is C=CCOC12Oc3ccc(Oc4ccc5ccccc5c4)cc3C3C(CCCCO)C(CCCCO)C=C(C(=NOCc4ccc([N+](=O)[O-])cc4)CC1N(CCOCCO)C(=O)CCC1CCCC1)C32. The van der Waals surface area contributed by atoms with Crippen LogP contribution in [0, 0.1) is 33.8 Å². The van der Waals surface area contributed by atoms with Gasteiger partial charge in [0.15, 0.2) is 0 Å². The number of hydrogen-bond donors (Lipinski definition) is 3. The normalized spacial score (nSPS) is 23.3. The van der Waals surface area contributed by atoms with Gasteiger partial charge in [0.05, 0.1) is 43.0 Å². The van der Waals surface area contributed by atoms with Crippen LogP contribution in [0.15, 0.2) is 114 Å². The molecule has 8 rings (SSSR count). The quantitative estimate of drug-likeness (QED) is 0.0236. The number of unbranched alkanes of at least 4 members (excludes halogenated alkanes) is 2. The summed E-state index contributed by atoms with van der Waals surface area (Å²) in [5.74, 6) is 0.132. The number of amides is 1. The number of nitro benzene ring substituents is 1. The van der Waals surface area contributed by atoms with Crippen molar-refractivity contribution < 1.29 is 48.8 Å². The van der Waals surface area contributed by atoms with Gasteiger partial charge < -0.3 is 44.0 Å². The first kappa shape index (κ1) is 50.7. The Morgan fingerprint density at radius 1 is 0.886 bits per heavy atom. The van der Waals surface area contributed by atoms with E-state index >= 15 is 4.79 Å². The number of benzene rings is 4. The summed E-state index contributed by atoms with van der Waals surface area (Å²) in [6, 6.07) is 25.6. The summed E-state index contributed by atoms with van der Waals surface area (Å²) in [6.07, 6.45) is 14.2. The maximum absolute atomic E-state index is 15.1. The molecule has 0 radical (unpaired) electrons. The average Bonchev–Trinajstić information content (AvgIpc) is 3.91. The summed E-state index contributed by atoms with van der Waals surface area (Å²) >= 11 is 0. The van der Waals surface area contributed by atoms with Crippen molar-refractivity contribution in [2.24, 2.45) is 28.8 Å². The summed E-state index contributed by atoms with van der Waals surface area (Å²) < 4.78 is 27.2. The predicted molar refractivity (Wildman–Crippen MR) is 268 cm³/mol. The number of non-ortho nitro benzene ring substituents is 1. The molecule has 2 fully saturated rings. The molecule has 70 heavy (non-hydrogen) atoms. The van der Waals surface area contributed by atoms with Gasteiger partial charge in [-0.25, -0.2) is 0 Å². The number of carbonyl (C=O) groups is 1. The number of fused-ring (bicyclic) bond motifs is 3. The Bertz CT molecular complexity index is 2450. The maximum Gasteiger partial charge on any atom is 0.269 e. The third-order valence-corrected chi connectivity index (χ3v) is 14.8. The first-order valence-corrected chi connectivity index (χ1v) is 25.3. The van der Waals surface area contributed by atoms with Gasteiger partial charge >= 0.3 is 0 Å². The van der Waals surface area contributed by atoms with Crippen molar-refractivity contribution in [3.63, 3.8) is 0 Å². The molecule has 4 aliphatic rings. The van der Waals surface area contributed by atoms with Gasteiger partial charge in [0.2, 0.25) is 11.7 Å². The Morgan fingerprint density at radius 3 is 2.37 bits per heavy atom. The summed E-state index contributed by atoms with van der Waals surface area (Å²) in [4.78, 5) is 34.2. The Balaban J connectivity index is 1.29. The van der Waals surface area contributed by atoms with E-state index in [-0.39, 0.29) is 88.6 Å². The minimum Gasteiger partial charge on any atom is -0.459 e. The van der Waals surface area contributed by atoms with E-state index in [2.05, 4.69) is 30.9 Å².